The smallest absolute Gasteiger partial charge is 0.420 e. The molecule has 0 bridgehead atoms. The molecule has 0 amide bonds. The molecule has 1 atom stereocenters. The Bertz CT molecular complexity index is 1660. The number of alkyl halides is 3. The lowest BCUT2D eigenvalue weighted by Crippen LogP contribution is -2.41. The van der Waals surface area contributed by atoms with Gasteiger partial charge in [0, 0.05) is 25.7 Å². The minimum atomic E-state index is -4.77. The number of aliphatic hydroxyl groups excluding tert-OH is 1. The van der Waals surface area contributed by atoms with Crippen molar-refractivity contribution < 1.29 is 27.1 Å². The maximum atomic E-state index is 15.6. The van der Waals surface area contributed by atoms with Crippen molar-refractivity contribution in [2.24, 2.45) is 7.05 Å². The number of hydrogen-bond acceptors (Lipinski definition) is 6. The number of fused-ring (bicyclic) bond motifs is 1. The Morgan fingerprint density at radius 2 is 1.82 bits per heavy atom. The second kappa shape index (κ2) is 9.58. The number of rotatable bonds is 6. The number of benzene rings is 3. The van der Waals surface area contributed by atoms with Crippen molar-refractivity contribution in [3.63, 3.8) is 0 Å². The number of aromatic nitrogens is 4. The van der Waals surface area contributed by atoms with Crippen LogP contribution in [0.4, 0.5) is 17.6 Å². The minimum absolute atomic E-state index is 0.0813. The summed E-state index contributed by atoms with van der Waals surface area (Å²) in [6.07, 6.45) is -2.42. The van der Waals surface area contributed by atoms with E-state index in [-0.39, 0.29) is 34.7 Å². The molecule has 1 N–H and O–H groups in total. The third-order valence-electron chi connectivity index (χ3n) is 7.10. The first-order valence-electron chi connectivity index (χ1n) is 12.4. The number of hydrogen-bond donors (Lipinski definition) is 1. The van der Waals surface area contributed by atoms with Gasteiger partial charge in [-0.3, -0.25) is 4.90 Å². The van der Waals surface area contributed by atoms with Crippen LogP contribution >= 0.6 is 0 Å². The molecule has 3 aromatic carbocycles. The molecule has 0 aliphatic carbocycles. The molecule has 7 nitrogen and oxygen atoms in total. The van der Waals surface area contributed by atoms with E-state index in [0.29, 0.717) is 24.5 Å². The van der Waals surface area contributed by atoms with E-state index >= 15 is 4.39 Å². The molecule has 6 rings (SSSR count). The minimum Gasteiger partial charge on any atom is -0.435 e. The van der Waals surface area contributed by atoms with Gasteiger partial charge in [-0.1, -0.05) is 36.4 Å². The van der Waals surface area contributed by atoms with Crippen molar-refractivity contribution in [1.82, 2.24) is 24.6 Å². The fourth-order valence-corrected chi connectivity index (χ4v) is 5.03. The predicted molar refractivity (Wildman–Crippen MR) is 136 cm³/mol. The summed E-state index contributed by atoms with van der Waals surface area (Å²) in [6.45, 7) is 0.998. The van der Waals surface area contributed by atoms with Crippen LogP contribution in [0.1, 0.15) is 23.6 Å². The average molecular weight is 538 g/mol. The molecule has 11 heteroatoms. The lowest BCUT2D eigenvalue weighted by atomic mass is 9.94. The highest BCUT2D eigenvalue weighted by molar-refractivity contribution is 5.92. The van der Waals surface area contributed by atoms with Crippen molar-refractivity contribution in [1.29, 1.82) is 0 Å². The summed E-state index contributed by atoms with van der Waals surface area (Å²) in [5, 5.41) is 18.1. The Balaban J connectivity index is 1.62. The number of aliphatic hydroxyl groups is 1. The standard InChI is InChI=1S/C28H23F4N5O2/c1-36-15-33-35-26(36)23-18(16-6-3-2-4-7-16)8-9-20(29)24(23)27-34-21-13-17(22(14-38)37-10-5-11-37)12-19(25(21)39-27)28(30,31)32/h2-4,6-9,12-13,15,22,38H,5,10-11,14H2,1H3/t22-/m0/s1. The molecule has 1 aliphatic heterocycles. The second-order valence-corrected chi connectivity index (χ2v) is 9.50. The van der Waals surface area contributed by atoms with Crippen LogP contribution in [0.5, 0.6) is 0 Å². The number of aryl methyl sites for hydroxylation is 1. The van der Waals surface area contributed by atoms with E-state index in [1.54, 1.807) is 17.7 Å². The highest BCUT2D eigenvalue weighted by Crippen LogP contribution is 2.44. The molecule has 0 radical (unpaired) electrons. The summed E-state index contributed by atoms with van der Waals surface area (Å²) >= 11 is 0. The van der Waals surface area contributed by atoms with Gasteiger partial charge in [0.25, 0.3) is 0 Å². The van der Waals surface area contributed by atoms with Crippen molar-refractivity contribution in [2.45, 2.75) is 18.6 Å². The number of nitrogens with zero attached hydrogens (tertiary/aromatic N) is 5. The van der Waals surface area contributed by atoms with Crippen molar-refractivity contribution in [3.05, 3.63) is 77.9 Å². The van der Waals surface area contributed by atoms with Gasteiger partial charge in [0.15, 0.2) is 11.4 Å². The molecule has 3 heterocycles. The van der Waals surface area contributed by atoms with Crippen molar-refractivity contribution >= 4 is 11.1 Å². The Labute approximate surface area is 220 Å². The van der Waals surface area contributed by atoms with Gasteiger partial charge >= 0.3 is 6.18 Å². The maximum Gasteiger partial charge on any atom is 0.420 e. The van der Waals surface area contributed by atoms with E-state index in [9.17, 15) is 18.3 Å². The molecule has 5 aromatic rings. The fraction of sp³-hybridized carbons (Fsp3) is 0.250. The first kappa shape index (κ1) is 25.2. The van der Waals surface area contributed by atoms with Crippen LogP contribution in [0.3, 0.4) is 0 Å². The summed E-state index contributed by atoms with van der Waals surface area (Å²) in [5.74, 6) is -0.757. The van der Waals surface area contributed by atoms with E-state index in [1.165, 1.54) is 18.5 Å². The topological polar surface area (TPSA) is 80.2 Å². The molecule has 1 aliphatic rings. The second-order valence-electron chi connectivity index (χ2n) is 9.50. The molecule has 0 unspecified atom stereocenters. The largest absolute Gasteiger partial charge is 0.435 e. The normalized spacial score (nSPS) is 15.0. The van der Waals surface area contributed by atoms with Gasteiger partial charge in [-0.2, -0.15) is 13.2 Å². The first-order valence-corrected chi connectivity index (χ1v) is 12.4. The monoisotopic (exact) mass is 537 g/mol. The third-order valence-corrected chi connectivity index (χ3v) is 7.10. The first-order chi connectivity index (χ1) is 18.8. The maximum absolute atomic E-state index is 15.6. The van der Waals surface area contributed by atoms with Crippen molar-refractivity contribution in [3.8, 4) is 34.0 Å². The number of halogens is 4. The van der Waals surface area contributed by atoms with Gasteiger partial charge in [-0.25, -0.2) is 9.37 Å². The molecule has 1 saturated heterocycles. The van der Waals surface area contributed by atoms with E-state index < -0.39 is 29.2 Å². The van der Waals surface area contributed by atoms with Gasteiger partial charge in [-0.15, -0.1) is 10.2 Å². The van der Waals surface area contributed by atoms with E-state index in [2.05, 4.69) is 15.2 Å². The Hall–Kier alpha value is -4.09. The van der Waals surface area contributed by atoms with Crippen LogP contribution in [0.25, 0.3) is 45.1 Å². The summed E-state index contributed by atoms with van der Waals surface area (Å²) in [7, 11) is 1.68. The molecular formula is C28H23F4N5O2. The summed E-state index contributed by atoms with van der Waals surface area (Å²) in [5.41, 5.74) is 0.135. The molecule has 0 saturated carbocycles. The predicted octanol–water partition coefficient (Wildman–Crippen LogP) is 5.85. The molecular weight excluding hydrogens is 514 g/mol. The van der Waals surface area contributed by atoms with Gasteiger partial charge in [0.1, 0.15) is 23.2 Å². The summed E-state index contributed by atoms with van der Waals surface area (Å²) < 4.78 is 65.6. The third kappa shape index (κ3) is 4.37. The zero-order chi connectivity index (χ0) is 27.3. The van der Waals surface area contributed by atoms with Crippen LogP contribution in [-0.2, 0) is 13.2 Å². The average Bonchev–Trinajstić information content (AvgIpc) is 3.50. The Morgan fingerprint density at radius 3 is 2.44 bits per heavy atom. The Kier molecular flexibility index (Phi) is 6.19. The van der Waals surface area contributed by atoms with Crippen molar-refractivity contribution in [2.75, 3.05) is 19.7 Å². The molecule has 200 valence electrons. The highest BCUT2D eigenvalue weighted by atomic mass is 19.4. The fourth-order valence-electron chi connectivity index (χ4n) is 5.03. The molecule has 1 fully saturated rings. The van der Waals surface area contributed by atoms with Gasteiger partial charge < -0.3 is 14.1 Å². The van der Waals surface area contributed by atoms with Crippen LogP contribution in [0.15, 0.2) is 65.3 Å². The summed E-state index contributed by atoms with van der Waals surface area (Å²) in [4.78, 5) is 6.27. The number of oxazole rings is 1. The van der Waals surface area contributed by atoms with Gasteiger partial charge in [0.2, 0.25) is 5.89 Å². The lowest BCUT2D eigenvalue weighted by Gasteiger charge is -2.37. The SMILES string of the molecule is Cn1cnnc1-c1c(-c2ccccc2)ccc(F)c1-c1nc2cc([C@H](CO)N3CCC3)cc(C(F)(F)F)c2o1. The zero-order valence-electron chi connectivity index (χ0n) is 20.8. The van der Waals surface area contributed by atoms with Crippen LogP contribution in [0.2, 0.25) is 0 Å². The van der Waals surface area contributed by atoms with E-state index in [0.717, 1.165) is 18.1 Å². The molecule has 2 aromatic heterocycles. The van der Waals surface area contributed by atoms with E-state index in [1.807, 2.05) is 35.2 Å². The quantitative estimate of drug-likeness (QED) is 0.274. The van der Waals surface area contributed by atoms with E-state index in [4.69, 9.17) is 4.42 Å². The lowest BCUT2D eigenvalue weighted by molar-refractivity contribution is -0.137. The zero-order valence-corrected chi connectivity index (χ0v) is 20.8. The van der Waals surface area contributed by atoms with Crippen LogP contribution < -0.4 is 0 Å². The molecule has 0 spiro atoms. The highest BCUT2D eigenvalue weighted by Gasteiger charge is 2.38. The number of likely N-dealkylation sites (tertiary alicyclic amines) is 1. The molecule has 39 heavy (non-hydrogen) atoms. The van der Waals surface area contributed by atoms with Crippen LogP contribution in [0, 0.1) is 5.82 Å². The summed E-state index contributed by atoms with van der Waals surface area (Å²) in [6, 6.07) is 13.8. The van der Waals surface area contributed by atoms with Gasteiger partial charge in [-0.05, 0) is 41.3 Å². The van der Waals surface area contributed by atoms with Crippen LogP contribution in [-0.4, -0.2) is 49.5 Å². The Morgan fingerprint density at radius 1 is 1.05 bits per heavy atom. The van der Waals surface area contributed by atoms with Gasteiger partial charge in [0.05, 0.1) is 18.2 Å².